The first-order valence-corrected chi connectivity index (χ1v) is 7.96. The van der Waals surface area contributed by atoms with E-state index in [1.54, 1.807) is 12.1 Å². The number of ether oxygens (including phenoxy) is 1. The van der Waals surface area contributed by atoms with E-state index in [-0.39, 0.29) is 11.7 Å². The predicted octanol–water partition coefficient (Wildman–Crippen LogP) is 3.45. The summed E-state index contributed by atoms with van der Waals surface area (Å²) in [5.74, 6) is -2.00. The predicted molar refractivity (Wildman–Crippen MR) is 87.8 cm³/mol. The fourth-order valence-corrected chi connectivity index (χ4v) is 2.94. The molecular formula is C18H17FN2O4. The SMILES string of the molecule is O=C(Nc1ccc(Oc2ccc(F)cc2)nc1)[C@H]1CCC[C@H]1C(=O)O. The van der Waals surface area contributed by atoms with Crippen LogP contribution in [0.3, 0.4) is 0 Å². The van der Waals surface area contributed by atoms with Gasteiger partial charge in [-0.05, 0) is 43.2 Å². The molecule has 0 spiro atoms. The maximum atomic E-state index is 12.9. The average molecular weight is 344 g/mol. The molecule has 2 N–H and O–H groups in total. The Bertz CT molecular complexity index is 762. The average Bonchev–Trinajstić information content (AvgIpc) is 3.09. The highest BCUT2D eigenvalue weighted by atomic mass is 19.1. The lowest BCUT2D eigenvalue weighted by molar-refractivity contribution is -0.145. The molecule has 1 aromatic carbocycles. The Morgan fingerprint density at radius 2 is 1.84 bits per heavy atom. The molecule has 1 heterocycles. The van der Waals surface area contributed by atoms with Crippen molar-refractivity contribution in [3.05, 3.63) is 48.4 Å². The molecule has 1 aliphatic carbocycles. The molecule has 3 rings (SSSR count). The van der Waals surface area contributed by atoms with E-state index in [2.05, 4.69) is 10.3 Å². The lowest BCUT2D eigenvalue weighted by Gasteiger charge is -2.15. The molecule has 1 saturated carbocycles. The minimum absolute atomic E-state index is 0.300. The van der Waals surface area contributed by atoms with E-state index >= 15 is 0 Å². The van der Waals surface area contributed by atoms with Gasteiger partial charge in [0.2, 0.25) is 11.8 Å². The van der Waals surface area contributed by atoms with Gasteiger partial charge in [0.25, 0.3) is 0 Å². The Morgan fingerprint density at radius 3 is 2.48 bits per heavy atom. The number of nitrogens with one attached hydrogen (secondary N) is 1. The first-order chi connectivity index (χ1) is 12.0. The first-order valence-electron chi connectivity index (χ1n) is 7.96. The van der Waals surface area contributed by atoms with Crippen LogP contribution >= 0.6 is 0 Å². The van der Waals surface area contributed by atoms with Crippen LogP contribution in [0, 0.1) is 17.7 Å². The number of pyridine rings is 1. The van der Waals surface area contributed by atoms with Crippen molar-refractivity contribution in [3.8, 4) is 11.6 Å². The summed E-state index contributed by atoms with van der Waals surface area (Å²) in [4.78, 5) is 27.5. The van der Waals surface area contributed by atoms with Gasteiger partial charge in [0, 0.05) is 6.07 Å². The number of rotatable bonds is 5. The molecule has 1 fully saturated rings. The Kier molecular flexibility index (Phi) is 4.92. The summed E-state index contributed by atoms with van der Waals surface area (Å²) in [6, 6.07) is 8.73. The smallest absolute Gasteiger partial charge is 0.307 e. The van der Waals surface area contributed by atoms with E-state index in [0.29, 0.717) is 30.2 Å². The van der Waals surface area contributed by atoms with E-state index in [1.165, 1.54) is 30.5 Å². The molecule has 6 nitrogen and oxygen atoms in total. The van der Waals surface area contributed by atoms with Crippen LogP contribution < -0.4 is 10.1 Å². The van der Waals surface area contributed by atoms with Crippen LogP contribution in [0.25, 0.3) is 0 Å². The first kappa shape index (κ1) is 16.9. The second kappa shape index (κ2) is 7.29. The molecule has 0 bridgehead atoms. The van der Waals surface area contributed by atoms with Crippen molar-refractivity contribution in [2.45, 2.75) is 19.3 Å². The van der Waals surface area contributed by atoms with E-state index < -0.39 is 17.8 Å². The number of halogens is 1. The van der Waals surface area contributed by atoms with E-state index in [1.807, 2.05) is 0 Å². The van der Waals surface area contributed by atoms with E-state index in [0.717, 1.165) is 6.42 Å². The lowest BCUT2D eigenvalue weighted by Crippen LogP contribution is -2.30. The van der Waals surface area contributed by atoms with Gasteiger partial charge >= 0.3 is 5.97 Å². The summed E-state index contributed by atoms with van der Waals surface area (Å²) >= 11 is 0. The Labute approximate surface area is 143 Å². The van der Waals surface area contributed by atoms with Crippen molar-refractivity contribution >= 4 is 17.6 Å². The highest BCUT2D eigenvalue weighted by Crippen LogP contribution is 2.33. The van der Waals surface area contributed by atoms with Crippen LogP contribution in [-0.4, -0.2) is 22.0 Å². The maximum Gasteiger partial charge on any atom is 0.307 e. The number of amides is 1. The van der Waals surface area contributed by atoms with Crippen molar-refractivity contribution in [1.82, 2.24) is 4.98 Å². The fraction of sp³-hybridized carbons (Fsp3) is 0.278. The maximum absolute atomic E-state index is 12.9. The molecule has 2 atom stereocenters. The highest BCUT2D eigenvalue weighted by Gasteiger charge is 2.37. The van der Waals surface area contributed by atoms with Crippen molar-refractivity contribution in [2.24, 2.45) is 11.8 Å². The number of nitrogens with zero attached hydrogens (tertiary/aromatic N) is 1. The monoisotopic (exact) mass is 344 g/mol. The van der Waals surface area contributed by atoms with Gasteiger partial charge in [-0.2, -0.15) is 0 Å². The molecule has 1 aliphatic rings. The van der Waals surface area contributed by atoms with Gasteiger partial charge in [-0.15, -0.1) is 0 Å². The number of carboxylic acids is 1. The molecule has 2 aromatic rings. The van der Waals surface area contributed by atoms with Gasteiger partial charge < -0.3 is 15.2 Å². The van der Waals surface area contributed by atoms with Crippen molar-refractivity contribution in [1.29, 1.82) is 0 Å². The van der Waals surface area contributed by atoms with Crippen molar-refractivity contribution < 1.29 is 23.8 Å². The summed E-state index contributed by atoms with van der Waals surface area (Å²) < 4.78 is 18.3. The second-order valence-electron chi connectivity index (χ2n) is 5.91. The third-order valence-corrected chi connectivity index (χ3v) is 4.21. The lowest BCUT2D eigenvalue weighted by atomic mass is 9.95. The highest BCUT2D eigenvalue weighted by molar-refractivity contribution is 5.95. The van der Waals surface area contributed by atoms with Gasteiger partial charge in [0.15, 0.2) is 0 Å². The molecule has 1 amide bonds. The fourth-order valence-electron chi connectivity index (χ4n) is 2.94. The van der Waals surface area contributed by atoms with Gasteiger partial charge in [-0.1, -0.05) is 6.42 Å². The number of carbonyl (C=O) groups excluding carboxylic acids is 1. The van der Waals surface area contributed by atoms with Crippen LogP contribution in [0.15, 0.2) is 42.6 Å². The summed E-state index contributed by atoms with van der Waals surface area (Å²) in [6.45, 7) is 0. The summed E-state index contributed by atoms with van der Waals surface area (Å²) in [7, 11) is 0. The Morgan fingerprint density at radius 1 is 1.12 bits per heavy atom. The number of carbonyl (C=O) groups is 2. The second-order valence-corrected chi connectivity index (χ2v) is 5.91. The molecule has 0 unspecified atom stereocenters. The molecular weight excluding hydrogens is 327 g/mol. The van der Waals surface area contributed by atoms with E-state index in [9.17, 15) is 14.0 Å². The standard InChI is InChI=1S/C18H17FN2O4/c19-11-4-7-13(8-5-11)25-16-9-6-12(10-20-16)21-17(22)14-2-1-3-15(14)18(23)24/h4-10,14-15H,1-3H2,(H,21,22)(H,23,24)/t14-,15+/m0/s1. The summed E-state index contributed by atoms with van der Waals surface area (Å²) in [6.07, 6.45) is 3.26. The Balaban J connectivity index is 1.61. The van der Waals surface area contributed by atoms with Crippen LogP contribution in [0.1, 0.15) is 19.3 Å². The number of hydrogen-bond acceptors (Lipinski definition) is 4. The topological polar surface area (TPSA) is 88.5 Å². The van der Waals surface area contributed by atoms with Crippen LogP contribution in [0.4, 0.5) is 10.1 Å². The minimum Gasteiger partial charge on any atom is -0.481 e. The molecule has 0 saturated heterocycles. The molecule has 0 radical (unpaired) electrons. The van der Waals surface area contributed by atoms with Gasteiger partial charge in [0.1, 0.15) is 11.6 Å². The number of carboxylic acid groups (broad SMARTS) is 1. The normalized spacial score (nSPS) is 19.4. The molecule has 25 heavy (non-hydrogen) atoms. The zero-order chi connectivity index (χ0) is 17.8. The third kappa shape index (κ3) is 4.12. The largest absolute Gasteiger partial charge is 0.481 e. The van der Waals surface area contributed by atoms with Crippen molar-refractivity contribution in [3.63, 3.8) is 0 Å². The van der Waals surface area contributed by atoms with Gasteiger partial charge in [0.05, 0.1) is 23.7 Å². The third-order valence-electron chi connectivity index (χ3n) is 4.21. The van der Waals surface area contributed by atoms with E-state index in [4.69, 9.17) is 9.84 Å². The summed E-state index contributed by atoms with van der Waals surface area (Å²) in [5, 5.41) is 11.9. The quantitative estimate of drug-likeness (QED) is 0.867. The number of anilines is 1. The zero-order valence-electron chi connectivity index (χ0n) is 13.3. The van der Waals surface area contributed by atoms with Crippen LogP contribution in [0.2, 0.25) is 0 Å². The van der Waals surface area contributed by atoms with Crippen LogP contribution in [0.5, 0.6) is 11.6 Å². The van der Waals surface area contributed by atoms with Gasteiger partial charge in [-0.25, -0.2) is 9.37 Å². The van der Waals surface area contributed by atoms with Gasteiger partial charge in [-0.3, -0.25) is 9.59 Å². The Hall–Kier alpha value is -2.96. The number of hydrogen-bond donors (Lipinski definition) is 2. The molecule has 130 valence electrons. The minimum atomic E-state index is -0.932. The number of aliphatic carboxylic acids is 1. The number of aromatic nitrogens is 1. The molecule has 0 aliphatic heterocycles. The van der Waals surface area contributed by atoms with Crippen molar-refractivity contribution in [2.75, 3.05) is 5.32 Å². The molecule has 1 aromatic heterocycles. The zero-order valence-corrected chi connectivity index (χ0v) is 13.3. The van der Waals surface area contributed by atoms with Crippen LogP contribution in [-0.2, 0) is 9.59 Å². The summed E-state index contributed by atoms with van der Waals surface area (Å²) in [5.41, 5.74) is 0.465. The molecule has 7 heteroatoms. The number of benzene rings is 1.